The maximum absolute atomic E-state index is 12.8. The van der Waals surface area contributed by atoms with Crippen LogP contribution in [0.5, 0.6) is 0 Å². The number of para-hydroxylation sites is 1. The van der Waals surface area contributed by atoms with Gasteiger partial charge in [0.05, 0.1) is 20.1 Å². The number of benzene rings is 2. The fraction of sp³-hybridized carbons (Fsp3) is 0.318. The number of carbonyl (C=O) groups is 2. The van der Waals surface area contributed by atoms with Crippen LogP contribution in [0.25, 0.3) is 10.2 Å². The number of hydrogen-bond acceptors (Lipinski definition) is 6. The molecule has 3 aromatic rings. The summed E-state index contributed by atoms with van der Waals surface area (Å²) >= 11 is 1.71. The molecule has 160 valence electrons. The molecule has 1 aromatic heterocycles. The fourth-order valence-electron chi connectivity index (χ4n) is 3.79. The van der Waals surface area contributed by atoms with Crippen molar-refractivity contribution in [3.63, 3.8) is 0 Å². The van der Waals surface area contributed by atoms with E-state index in [2.05, 4.69) is 11.4 Å². The summed E-state index contributed by atoms with van der Waals surface area (Å²) in [6.07, 6.45) is 1.66. The van der Waals surface area contributed by atoms with Crippen LogP contribution in [-0.4, -0.2) is 45.8 Å². The Hall–Kier alpha value is -3.33. The van der Waals surface area contributed by atoms with E-state index in [9.17, 15) is 19.7 Å². The molecule has 8 nitrogen and oxygen atoms in total. The largest absolute Gasteiger partial charge is 0.341 e. The quantitative estimate of drug-likeness (QED) is 0.483. The van der Waals surface area contributed by atoms with Crippen LogP contribution in [0.15, 0.2) is 48.5 Å². The van der Waals surface area contributed by atoms with Crippen molar-refractivity contribution in [1.82, 2.24) is 15.2 Å². The minimum atomic E-state index is -0.717. The third-order valence-corrected chi connectivity index (χ3v) is 6.70. The number of non-ortho nitro benzene ring substituents is 1. The van der Waals surface area contributed by atoms with Crippen LogP contribution in [0.4, 0.5) is 5.69 Å². The number of carbonyl (C=O) groups excluding carboxylic acids is 2. The summed E-state index contributed by atoms with van der Waals surface area (Å²) in [7, 11) is 0. The van der Waals surface area contributed by atoms with Crippen molar-refractivity contribution in [3.05, 3.63) is 69.2 Å². The highest BCUT2D eigenvalue weighted by Crippen LogP contribution is 2.33. The van der Waals surface area contributed by atoms with Gasteiger partial charge in [-0.3, -0.25) is 19.7 Å². The Morgan fingerprint density at radius 3 is 2.65 bits per heavy atom. The normalized spacial score (nSPS) is 15.6. The van der Waals surface area contributed by atoms with E-state index in [1.807, 2.05) is 18.2 Å². The van der Waals surface area contributed by atoms with Crippen molar-refractivity contribution in [2.45, 2.75) is 31.7 Å². The van der Waals surface area contributed by atoms with Crippen molar-refractivity contribution in [3.8, 4) is 0 Å². The molecule has 0 spiro atoms. The average molecular weight is 439 g/mol. The zero-order valence-corrected chi connectivity index (χ0v) is 17.8. The van der Waals surface area contributed by atoms with E-state index in [0.717, 1.165) is 23.4 Å². The molecule has 1 saturated heterocycles. The zero-order valence-electron chi connectivity index (χ0n) is 17.0. The van der Waals surface area contributed by atoms with E-state index in [0.29, 0.717) is 19.0 Å². The van der Waals surface area contributed by atoms with Crippen LogP contribution in [0.2, 0.25) is 0 Å². The van der Waals surface area contributed by atoms with Crippen LogP contribution in [-0.2, 0) is 4.79 Å². The maximum atomic E-state index is 12.8. The molecule has 2 aromatic carbocycles. The van der Waals surface area contributed by atoms with E-state index < -0.39 is 16.9 Å². The first kappa shape index (κ1) is 20.9. The molecule has 4 rings (SSSR count). The zero-order chi connectivity index (χ0) is 22.0. The molecule has 31 heavy (non-hydrogen) atoms. The molecule has 0 aliphatic carbocycles. The van der Waals surface area contributed by atoms with E-state index in [1.54, 1.807) is 23.2 Å². The smallest absolute Gasteiger partial charge is 0.270 e. The van der Waals surface area contributed by atoms with E-state index in [4.69, 9.17) is 4.98 Å². The summed E-state index contributed by atoms with van der Waals surface area (Å²) in [5, 5.41) is 14.7. The van der Waals surface area contributed by atoms with Crippen LogP contribution < -0.4 is 5.32 Å². The van der Waals surface area contributed by atoms with Gasteiger partial charge in [-0.25, -0.2) is 4.98 Å². The number of amides is 2. The summed E-state index contributed by atoms with van der Waals surface area (Å²) in [6.45, 7) is 2.85. The number of piperidine rings is 1. The molecule has 1 aliphatic heterocycles. The second-order valence-corrected chi connectivity index (χ2v) is 8.68. The van der Waals surface area contributed by atoms with Gasteiger partial charge in [0.1, 0.15) is 6.04 Å². The highest BCUT2D eigenvalue weighted by Gasteiger charge is 2.29. The molecular weight excluding hydrogens is 416 g/mol. The number of rotatable bonds is 5. The van der Waals surface area contributed by atoms with Gasteiger partial charge in [0, 0.05) is 36.7 Å². The third kappa shape index (κ3) is 4.56. The second kappa shape index (κ2) is 8.81. The van der Waals surface area contributed by atoms with Gasteiger partial charge in [-0.2, -0.15) is 0 Å². The summed E-state index contributed by atoms with van der Waals surface area (Å²) in [6, 6.07) is 12.8. The van der Waals surface area contributed by atoms with Crippen molar-refractivity contribution in [2.75, 3.05) is 13.1 Å². The molecule has 1 atom stereocenters. The van der Waals surface area contributed by atoms with E-state index >= 15 is 0 Å². The lowest BCUT2D eigenvalue weighted by atomic mass is 9.97. The molecule has 1 fully saturated rings. The lowest BCUT2D eigenvalue weighted by Gasteiger charge is -2.33. The molecule has 1 N–H and O–H groups in total. The van der Waals surface area contributed by atoms with Crippen molar-refractivity contribution < 1.29 is 14.5 Å². The molecule has 0 saturated carbocycles. The van der Waals surface area contributed by atoms with E-state index in [1.165, 1.54) is 29.0 Å². The number of aromatic nitrogens is 1. The second-order valence-electron chi connectivity index (χ2n) is 7.62. The van der Waals surface area contributed by atoms with Crippen molar-refractivity contribution in [1.29, 1.82) is 0 Å². The Morgan fingerprint density at radius 1 is 1.19 bits per heavy atom. The molecular formula is C22H22N4O4S. The summed E-state index contributed by atoms with van der Waals surface area (Å²) in [5.74, 6) is -0.327. The molecule has 1 unspecified atom stereocenters. The van der Waals surface area contributed by atoms with Gasteiger partial charge < -0.3 is 10.2 Å². The van der Waals surface area contributed by atoms with Crippen LogP contribution in [0.3, 0.4) is 0 Å². The summed E-state index contributed by atoms with van der Waals surface area (Å²) in [5.41, 5.74) is 1.01. The number of nitro groups is 1. The highest BCUT2D eigenvalue weighted by atomic mass is 32.1. The van der Waals surface area contributed by atoms with E-state index in [-0.39, 0.29) is 17.2 Å². The topological polar surface area (TPSA) is 105 Å². The van der Waals surface area contributed by atoms with Gasteiger partial charge in [-0.1, -0.05) is 18.2 Å². The van der Waals surface area contributed by atoms with Gasteiger partial charge in [-0.05, 0) is 38.0 Å². The highest BCUT2D eigenvalue weighted by molar-refractivity contribution is 7.18. The number of likely N-dealkylation sites (tertiary alicyclic amines) is 1. The van der Waals surface area contributed by atoms with Gasteiger partial charge in [-0.15, -0.1) is 11.3 Å². The Morgan fingerprint density at radius 2 is 1.94 bits per heavy atom. The van der Waals surface area contributed by atoms with Gasteiger partial charge in [0.15, 0.2) is 0 Å². The van der Waals surface area contributed by atoms with Crippen LogP contribution in [0.1, 0.15) is 41.0 Å². The average Bonchev–Trinajstić information content (AvgIpc) is 3.23. The Balaban J connectivity index is 1.34. The van der Waals surface area contributed by atoms with Gasteiger partial charge in [0.25, 0.3) is 11.6 Å². The first-order chi connectivity index (χ1) is 14.9. The first-order valence-electron chi connectivity index (χ1n) is 10.1. The predicted molar refractivity (Wildman–Crippen MR) is 118 cm³/mol. The minimum absolute atomic E-state index is 0.151. The number of nitrogens with one attached hydrogen (secondary N) is 1. The fourth-order valence-corrected chi connectivity index (χ4v) is 4.92. The number of hydrogen-bond donors (Lipinski definition) is 1. The SMILES string of the molecule is CC(NC(=O)c1cccc([N+](=O)[O-])c1)C(=O)N1CCC(c2nc3ccccc3s2)CC1. The van der Waals surface area contributed by atoms with Crippen molar-refractivity contribution >= 4 is 39.1 Å². The van der Waals surface area contributed by atoms with Crippen LogP contribution in [0, 0.1) is 10.1 Å². The molecule has 2 heterocycles. The maximum Gasteiger partial charge on any atom is 0.270 e. The Bertz CT molecular complexity index is 1100. The monoisotopic (exact) mass is 438 g/mol. The number of nitrogens with zero attached hydrogens (tertiary/aromatic N) is 3. The summed E-state index contributed by atoms with van der Waals surface area (Å²) in [4.78, 5) is 42.1. The minimum Gasteiger partial charge on any atom is -0.341 e. The third-order valence-electron chi connectivity index (χ3n) is 5.50. The first-order valence-corrected chi connectivity index (χ1v) is 10.9. The molecule has 0 bridgehead atoms. The predicted octanol–water partition coefficient (Wildman–Crippen LogP) is 3.73. The Kier molecular flexibility index (Phi) is 5.94. The van der Waals surface area contributed by atoms with Crippen LogP contribution >= 0.6 is 11.3 Å². The van der Waals surface area contributed by atoms with Crippen molar-refractivity contribution in [2.24, 2.45) is 0 Å². The number of fused-ring (bicyclic) bond motifs is 1. The molecule has 0 radical (unpaired) electrons. The standard InChI is InChI=1S/C22H22N4O4S/c1-14(23-20(27)16-5-4-6-17(13-16)26(29)30)22(28)25-11-9-15(10-12-25)21-24-18-7-2-3-8-19(18)31-21/h2-8,13-15H,9-12H2,1H3,(H,23,27). The lowest BCUT2D eigenvalue weighted by molar-refractivity contribution is -0.384. The number of thiazole rings is 1. The molecule has 2 amide bonds. The van der Waals surface area contributed by atoms with Gasteiger partial charge in [0.2, 0.25) is 5.91 Å². The molecule has 1 aliphatic rings. The van der Waals surface area contributed by atoms with Gasteiger partial charge >= 0.3 is 0 Å². The summed E-state index contributed by atoms with van der Waals surface area (Å²) < 4.78 is 1.17. The Labute approximate surface area is 183 Å². The number of nitro benzene ring substituents is 1. The lowest BCUT2D eigenvalue weighted by Crippen LogP contribution is -2.49. The molecule has 9 heteroatoms.